The summed E-state index contributed by atoms with van der Waals surface area (Å²) in [6, 6.07) is 10.8. The van der Waals surface area contributed by atoms with Crippen LogP contribution in [-0.2, 0) is 11.3 Å². The number of hydrogen-bond acceptors (Lipinski definition) is 3. The second-order valence-electron chi connectivity index (χ2n) is 4.72. The summed E-state index contributed by atoms with van der Waals surface area (Å²) in [6.07, 6.45) is 0. The predicted molar refractivity (Wildman–Crippen MR) is 86.7 cm³/mol. The van der Waals surface area contributed by atoms with Crippen LogP contribution in [0.4, 0.5) is 11.4 Å². The molecule has 0 unspecified atom stereocenters. The molecule has 0 spiro atoms. The van der Waals surface area contributed by atoms with E-state index in [1.165, 1.54) is 0 Å². The molecule has 0 fully saturated rings. The van der Waals surface area contributed by atoms with Crippen molar-refractivity contribution in [2.45, 2.75) is 6.54 Å². The molecule has 0 atom stereocenters. The number of halogens is 2. The van der Waals surface area contributed by atoms with E-state index in [4.69, 9.17) is 22.1 Å². The molecular formula is C15H12BrClN2O2. The Labute approximate surface area is 135 Å². The minimum absolute atomic E-state index is 0.0229. The number of hydrogen-bond donors (Lipinski definition) is 1. The van der Waals surface area contributed by atoms with Gasteiger partial charge in [-0.2, -0.15) is 0 Å². The zero-order chi connectivity index (χ0) is 15.0. The molecule has 2 N–H and O–H groups in total. The Kier molecular flexibility index (Phi) is 3.78. The van der Waals surface area contributed by atoms with Crippen LogP contribution in [0.1, 0.15) is 5.56 Å². The Balaban J connectivity index is 2.00. The summed E-state index contributed by atoms with van der Waals surface area (Å²) in [4.78, 5) is 13.8. The number of carbonyl (C=O) groups is 1. The highest BCUT2D eigenvalue weighted by Crippen LogP contribution is 2.36. The fraction of sp³-hybridized carbons (Fsp3) is 0.133. The third kappa shape index (κ3) is 2.84. The highest BCUT2D eigenvalue weighted by Gasteiger charge is 2.26. The van der Waals surface area contributed by atoms with Crippen molar-refractivity contribution in [3.05, 3.63) is 51.5 Å². The van der Waals surface area contributed by atoms with Crippen LogP contribution >= 0.6 is 27.5 Å². The average molecular weight is 368 g/mol. The molecule has 2 aromatic rings. The van der Waals surface area contributed by atoms with Crippen LogP contribution < -0.4 is 15.4 Å². The van der Waals surface area contributed by atoms with Crippen LogP contribution in [0.2, 0.25) is 5.02 Å². The highest BCUT2D eigenvalue weighted by atomic mass is 79.9. The molecule has 2 aromatic carbocycles. The van der Waals surface area contributed by atoms with Crippen LogP contribution in [0, 0.1) is 0 Å². The summed E-state index contributed by atoms with van der Waals surface area (Å²) in [7, 11) is 0. The molecule has 1 aliphatic rings. The largest absolute Gasteiger partial charge is 0.482 e. The third-order valence-electron chi connectivity index (χ3n) is 3.30. The van der Waals surface area contributed by atoms with Crippen LogP contribution in [-0.4, -0.2) is 12.5 Å². The lowest BCUT2D eigenvalue weighted by molar-refractivity contribution is -0.121. The fourth-order valence-corrected chi connectivity index (χ4v) is 2.77. The van der Waals surface area contributed by atoms with Gasteiger partial charge >= 0.3 is 0 Å². The first-order valence-electron chi connectivity index (χ1n) is 6.31. The number of rotatable bonds is 2. The fourth-order valence-electron chi connectivity index (χ4n) is 2.23. The molecule has 108 valence electrons. The predicted octanol–water partition coefficient (Wildman–Crippen LogP) is 3.61. The maximum atomic E-state index is 12.2. The summed E-state index contributed by atoms with van der Waals surface area (Å²) in [5.74, 6) is 0.568. The number of nitrogens with zero attached hydrogens (tertiary/aromatic N) is 1. The summed E-state index contributed by atoms with van der Waals surface area (Å²) in [5.41, 5.74) is 8.10. The minimum atomic E-state index is -0.111. The van der Waals surface area contributed by atoms with Gasteiger partial charge in [0.2, 0.25) is 0 Å². The van der Waals surface area contributed by atoms with Crippen LogP contribution in [0.15, 0.2) is 40.9 Å². The van der Waals surface area contributed by atoms with E-state index in [2.05, 4.69) is 15.9 Å². The number of ether oxygens (including phenoxy) is 1. The van der Waals surface area contributed by atoms with Crippen molar-refractivity contribution in [1.82, 2.24) is 0 Å². The second-order valence-corrected chi connectivity index (χ2v) is 6.08. The van der Waals surface area contributed by atoms with Gasteiger partial charge in [-0.05, 0) is 42.0 Å². The number of amides is 1. The van der Waals surface area contributed by atoms with Crippen molar-refractivity contribution in [2.24, 2.45) is 0 Å². The Morgan fingerprint density at radius 2 is 2.10 bits per heavy atom. The topological polar surface area (TPSA) is 55.6 Å². The molecule has 4 nitrogen and oxygen atoms in total. The van der Waals surface area contributed by atoms with Crippen LogP contribution in [0.5, 0.6) is 5.75 Å². The average Bonchev–Trinajstić information content (AvgIpc) is 2.46. The maximum absolute atomic E-state index is 12.2. The van der Waals surface area contributed by atoms with Crippen molar-refractivity contribution >= 4 is 44.8 Å². The molecule has 0 saturated carbocycles. The highest BCUT2D eigenvalue weighted by molar-refractivity contribution is 9.10. The molecule has 21 heavy (non-hydrogen) atoms. The van der Waals surface area contributed by atoms with Crippen molar-refractivity contribution in [2.75, 3.05) is 17.2 Å². The van der Waals surface area contributed by atoms with E-state index in [-0.39, 0.29) is 12.5 Å². The van der Waals surface area contributed by atoms with Gasteiger partial charge in [0.15, 0.2) is 6.61 Å². The standard InChI is InChI=1S/C15H12BrClN2O2/c16-10-1-4-14-13(6-10)19(15(20)8-21-14)7-9-5-11(17)2-3-12(9)18/h1-6H,7-8,18H2. The number of nitrogen functional groups attached to an aromatic ring is 1. The van der Waals surface area contributed by atoms with Crippen molar-refractivity contribution < 1.29 is 9.53 Å². The Bertz CT molecular complexity index is 721. The van der Waals surface area contributed by atoms with E-state index >= 15 is 0 Å². The van der Waals surface area contributed by atoms with Crippen LogP contribution in [0.25, 0.3) is 0 Å². The van der Waals surface area contributed by atoms with Crippen molar-refractivity contribution in [1.29, 1.82) is 0 Å². The van der Waals surface area contributed by atoms with Gasteiger partial charge in [-0.3, -0.25) is 4.79 Å². The lowest BCUT2D eigenvalue weighted by Gasteiger charge is -2.30. The number of anilines is 2. The van der Waals surface area contributed by atoms with Gasteiger partial charge in [0.05, 0.1) is 12.2 Å². The smallest absolute Gasteiger partial charge is 0.265 e. The van der Waals surface area contributed by atoms with Crippen LogP contribution in [0.3, 0.4) is 0 Å². The zero-order valence-corrected chi connectivity index (χ0v) is 13.3. The SMILES string of the molecule is Nc1ccc(Cl)cc1CN1C(=O)COc2ccc(Br)cc21. The lowest BCUT2D eigenvalue weighted by atomic mass is 10.1. The maximum Gasteiger partial charge on any atom is 0.265 e. The summed E-state index contributed by atoms with van der Waals surface area (Å²) in [6.45, 7) is 0.382. The molecule has 0 aliphatic carbocycles. The molecule has 0 radical (unpaired) electrons. The van der Waals surface area contributed by atoms with Gasteiger partial charge in [-0.1, -0.05) is 27.5 Å². The Morgan fingerprint density at radius 3 is 2.90 bits per heavy atom. The molecule has 1 aliphatic heterocycles. The summed E-state index contributed by atoms with van der Waals surface area (Å²) >= 11 is 9.42. The van der Waals surface area contributed by atoms with E-state index in [0.29, 0.717) is 23.0 Å². The molecule has 0 aromatic heterocycles. The molecule has 1 amide bonds. The first kappa shape index (κ1) is 14.2. The molecular weight excluding hydrogens is 356 g/mol. The van der Waals surface area contributed by atoms with E-state index in [1.807, 2.05) is 18.2 Å². The number of carbonyl (C=O) groups excluding carboxylic acids is 1. The second kappa shape index (κ2) is 5.58. The quantitative estimate of drug-likeness (QED) is 0.825. The first-order chi connectivity index (χ1) is 10.0. The first-order valence-corrected chi connectivity index (χ1v) is 7.48. The third-order valence-corrected chi connectivity index (χ3v) is 4.03. The van der Waals surface area contributed by atoms with Gasteiger partial charge in [0.25, 0.3) is 5.91 Å². The monoisotopic (exact) mass is 366 g/mol. The Hall–Kier alpha value is -1.72. The lowest BCUT2D eigenvalue weighted by Crippen LogP contribution is -2.38. The van der Waals surface area contributed by atoms with E-state index in [1.54, 1.807) is 23.1 Å². The number of nitrogens with two attached hydrogens (primary N) is 1. The summed E-state index contributed by atoms with van der Waals surface area (Å²) < 4.78 is 6.32. The van der Waals surface area contributed by atoms with E-state index in [0.717, 1.165) is 15.7 Å². The normalized spacial score (nSPS) is 13.8. The molecule has 6 heteroatoms. The van der Waals surface area contributed by atoms with E-state index < -0.39 is 0 Å². The molecule has 3 rings (SSSR count). The molecule has 0 saturated heterocycles. The molecule has 1 heterocycles. The zero-order valence-electron chi connectivity index (χ0n) is 11.0. The minimum Gasteiger partial charge on any atom is -0.482 e. The van der Waals surface area contributed by atoms with E-state index in [9.17, 15) is 4.79 Å². The number of fused-ring (bicyclic) bond motifs is 1. The van der Waals surface area contributed by atoms with Gasteiger partial charge in [-0.15, -0.1) is 0 Å². The van der Waals surface area contributed by atoms with Gasteiger partial charge in [-0.25, -0.2) is 0 Å². The van der Waals surface area contributed by atoms with Gasteiger partial charge < -0.3 is 15.4 Å². The van der Waals surface area contributed by atoms with Crippen molar-refractivity contribution in [3.63, 3.8) is 0 Å². The van der Waals surface area contributed by atoms with Crippen molar-refractivity contribution in [3.8, 4) is 5.75 Å². The molecule has 0 bridgehead atoms. The Morgan fingerprint density at radius 1 is 1.29 bits per heavy atom. The van der Waals surface area contributed by atoms with Gasteiger partial charge in [0.1, 0.15) is 5.75 Å². The summed E-state index contributed by atoms with van der Waals surface area (Å²) in [5, 5.41) is 0.592. The van der Waals surface area contributed by atoms with Gasteiger partial charge in [0, 0.05) is 15.2 Å². The number of benzene rings is 2.